The molecule has 0 aliphatic heterocycles. The highest BCUT2D eigenvalue weighted by Gasteiger charge is 2.27. The summed E-state index contributed by atoms with van der Waals surface area (Å²) in [7, 11) is 0. The molecular weight excluding hydrogens is 330 g/mol. The number of nitrogens with two attached hydrogens (primary N) is 1. The number of carbonyl (C=O) groups is 2. The molecule has 3 amide bonds. The number of rotatable bonds is 6. The largest absolute Gasteiger partial charge is 0.346 e. The number of hydrogen-bond acceptors (Lipinski definition) is 3. The molecule has 5 N–H and O–H groups in total. The molecule has 0 heterocycles. The summed E-state index contributed by atoms with van der Waals surface area (Å²) >= 11 is 0. The van der Waals surface area contributed by atoms with E-state index in [1.807, 2.05) is 0 Å². The zero-order chi connectivity index (χ0) is 16.8. The smallest absolute Gasteiger partial charge is 0.319 e. The molecule has 6 nitrogen and oxygen atoms in total. The summed E-state index contributed by atoms with van der Waals surface area (Å²) in [5.41, 5.74) is 5.44. The Bertz CT molecular complexity index is 541. The number of carbonyl (C=O) groups excluding carboxylic acids is 2. The van der Waals surface area contributed by atoms with Gasteiger partial charge < -0.3 is 21.7 Å². The summed E-state index contributed by atoms with van der Waals surface area (Å²) in [6, 6.07) is 5.54. The molecule has 130 valence electrons. The zero-order valence-electron chi connectivity index (χ0n) is 12.9. The van der Waals surface area contributed by atoms with Crippen molar-refractivity contribution in [3.05, 3.63) is 29.8 Å². The number of nitrogens with one attached hydrogen (secondary N) is 3. The van der Waals surface area contributed by atoms with Gasteiger partial charge in [-0.25, -0.2) is 13.6 Å². The molecule has 0 unspecified atom stereocenters. The fourth-order valence-electron chi connectivity index (χ4n) is 1.55. The van der Waals surface area contributed by atoms with E-state index in [-0.39, 0.29) is 24.0 Å². The number of amides is 3. The van der Waals surface area contributed by atoms with Gasteiger partial charge in [-0.2, -0.15) is 0 Å². The zero-order valence-corrected chi connectivity index (χ0v) is 13.7. The molecule has 0 bridgehead atoms. The number of urea groups is 1. The van der Waals surface area contributed by atoms with Crippen molar-refractivity contribution in [2.75, 3.05) is 18.4 Å². The van der Waals surface area contributed by atoms with Gasteiger partial charge in [-0.15, -0.1) is 12.4 Å². The van der Waals surface area contributed by atoms with Crippen LogP contribution in [0.3, 0.4) is 0 Å². The minimum atomic E-state index is -3.15. The maximum absolute atomic E-state index is 13.0. The molecule has 0 aliphatic rings. The average Bonchev–Trinajstić information content (AvgIpc) is 2.44. The summed E-state index contributed by atoms with van der Waals surface area (Å²) in [5, 5.41) is 7.29. The van der Waals surface area contributed by atoms with E-state index in [2.05, 4.69) is 16.0 Å². The molecule has 1 aromatic rings. The lowest BCUT2D eigenvalue weighted by Crippen LogP contribution is -2.41. The summed E-state index contributed by atoms with van der Waals surface area (Å²) < 4.78 is 26.0. The maximum atomic E-state index is 13.0. The van der Waals surface area contributed by atoms with Gasteiger partial charge >= 0.3 is 6.03 Å². The van der Waals surface area contributed by atoms with Crippen LogP contribution in [0.2, 0.25) is 0 Å². The van der Waals surface area contributed by atoms with Crippen LogP contribution in [-0.2, 0) is 0 Å². The van der Waals surface area contributed by atoms with E-state index >= 15 is 0 Å². The molecule has 0 saturated carbocycles. The van der Waals surface area contributed by atoms with Gasteiger partial charge in [0, 0.05) is 17.3 Å². The number of halogens is 3. The van der Waals surface area contributed by atoms with Gasteiger partial charge in [-0.1, -0.05) is 6.07 Å². The van der Waals surface area contributed by atoms with Crippen LogP contribution in [0.25, 0.3) is 0 Å². The molecule has 1 aromatic carbocycles. The van der Waals surface area contributed by atoms with Crippen molar-refractivity contribution < 1.29 is 18.4 Å². The molecule has 9 heteroatoms. The molecule has 0 spiro atoms. The standard InChI is InChI=1S/C14H20F2N4O2.ClH/c1-9(2)19-13(22)20-11-5-3-4-10(6-11)12(21)18-8-14(15,16)7-17;/h3-6,9H,7-8,17H2,1-2H3,(H,18,21)(H2,19,20,22);1H. The minimum Gasteiger partial charge on any atom is -0.346 e. The first-order valence-corrected chi connectivity index (χ1v) is 6.77. The van der Waals surface area contributed by atoms with E-state index in [0.717, 1.165) is 0 Å². The van der Waals surface area contributed by atoms with Crippen LogP contribution < -0.4 is 21.7 Å². The molecule has 23 heavy (non-hydrogen) atoms. The Kier molecular flexibility index (Phi) is 8.49. The van der Waals surface area contributed by atoms with Crippen LogP contribution in [0, 0.1) is 0 Å². The number of anilines is 1. The van der Waals surface area contributed by atoms with Gasteiger partial charge in [-0.05, 0) is 32.0 Å². The van der Waals surface area contributed by atoms with E-state index in [1.54, 1.807) is 26.0 Å². The summed E-state index contributed by atoms with van der Waals surface area (Å²) in [4.78, 5) is 23.4. The molecule has 0 saturated heterocycles. The van der Waals surface area contributed by atoms with Crippen LogP contribution >= 0.6 is 12.4 Å². The first-order valence-electron chi connectivity index (χ1n) is 6.77. The highest BCUT2D eigenvalue weighted by Crippen LogP contribution is 2.12. The summed E-state index contributed by atoms with van der Waals surface area (Å²) in [6.07, 6.45) is 0. The molecule has 0 fully saturated rings. The molecule has 1 rings (SSSR count). The first-order chi connectivity index (χ1) is 10.2. The first kappa shape index (κ1) is 21.1. The van der Waals surface area contributed by atoms with E-state index in [4.69, 9.17) is 5.73 Å². The topological polar surface area (TPSA) is 96.2 Å². The minimum absolute atomic E-state index is 0. The number of benzene rings is 1. The average molecular weight is 351 g/mol. The second-order valence-electron chi connectivity index (χ2n) is 5.08. The van der Waals surface area contributed by atoms with Gasteiger partial charge in [-0.3, -0.25) is 4.79 Å². The SMILES string of the molecule is CC(C)NC(=O)Nc1cccc(C(=O)NCC(F)(F)CN)c1.Cl. The normalized spacial score (nSPS) is 10.7. The second kappa shape index (κ2) is 9.26. The van der Waals surface area contributed by atoms with Gasteiger partial charge in [0.05, 0.1) is 13.1 Å². The number of hydrogen-bond donors (Lipinski definition) is 4. The predicted octanol–water partition coefficient (Wildman–Crippen LogP) is 1.96. The van der Waals surface area contributed by atoms with Crippen LogP contribution in [-0.4, -0.2) is 37.0 Å². The van der Waals surface area contributed by atoms with Gasteiger partial charge in [0.25, 0.3) is 11.8 Å². The van der Waals surface area contributed by atoms with E-state index in [1.165, 1.54) is 12.1 Å². The molecular formula is C14H21ClF2N4O2. The van der Waals surface area contributed by atoms with Gasteiger partial charge in [0.2, 0.25) is 0 Å². The predicted molar refractivity (Wildman–Crippen MR) is 87.3 cm³/mol. The van der Waals surface area contributed by atoms with Crippen LogP contribution in [0.1, 0.15) is 24.2 Å². The van der Waals surface area contributed by atoms with Gasteiger partial charge in [0.15, 0.2) is 0 Å². The van der Waals surface area contributed by atoms with Crippen molar-refractivity contribution in [3.8, 4) is 0 Å². The molecule has 0 atom stereocenters. The van der Waals surface area contributed by atoms with E-state index < -0.39 is 31.0 Å². The van der Waals surface area contributed by atoms with E-state index in [9.17, 15) is 18.4 Å². The van der Waals surface area contributed by atoms with Crippen molar-refractivity contribution >= 4 is 30.0 Å². The van der Waals surface area contributed by atoms with Crippen LogP contribution in [0.5, 0.6) is 0 Å². The Morgan fingerprint density at radius 1 is 1.30 bits per heavy atom. The Labute approximate surface area is 139 Å². The highest BCUT2D eigenvalue weighted by atomic mass is 35.5. The molecule has 0 aliphatic carbocycles. The Balaban J connectivity index is 0.00000484. The third-order valence-corrected chi connectivity index (χ3v) is 2.61. The third-order valence-electron chi connectivity index (χ3n) is 2.61. The molecule has 0 aromatic heterocycles. The lowest BCUT2D eigenvalue weighted by molar-refractivity contribution is 0.0118. The lowest BCUT2D eigenvalue weighted by atomic mass is 10.2. The fraction of sp³-hybridized carbons (Fsp3) is 0.429. The number of alkyl halides is 2. The van der Waals surface area contributed by atoms with Crippen molar-refractivity contribution in [3.63, 3.8) is 0 Å². The van der Waals surface area contributed by atoms with Gasteiger partial charge in [0.1, 0.15) is 0 Å². The van der Waals surface area contributed by atoms with Crippen LogP contribution in [0.15, 0.2) is 24.3 Å². The Morgan fingerprint density at radius 3 is 2.52 bits per heavy atom. The third kappa shape index (κ3) is 7.75. The van der Waals surface area contributed by atoms with Crippen molar-refractivity contribution in [1.29, 1.82) is 0 Å². The summed E-state index contributed by atoms with van der Waals surface area (Å²) in [5.74, 6) is -3.82. The summed E-state index contributed by atoms with van der Waals surface area (Å²) in [6.45, 7) is 1.93. The van der Waals surface area contributed by atoms with Crippen molar-refractivity contribution in [2.24, 2.45) is 5.73 Å². The fourth-order valence-corrected chi connectivity index (χ4v) is 1.55. The van der Waals surface area contributed by atoms with Crippen LogP contribution in [0.4, 0.5) is 19.3 Å². The lowest BCUT2D eigenvalue weighted by Gasteiger charge is -2.15. The monoisotopic (exact) mass is 350 g/mol. The maximum Gasteiger partial charge on any atom is 0.319 e. The Morgan fingerprint density at radius 2 is 1.96 bits per heavy atom. The van der Waals surface area contributed by atoms with Crippen molar-refractivity contribution in [2.45, 2.75) is 25.8 Å². The quantitative estimate of drug-likeness (QED) is 0.631. The second-order valence-corrected chi connectivity index (χ2v) is 5.08. The highest BCUT2D eigenvalue weighted by molar-refractivity contribution is 5.96. The molecule has 0 radical (unpaired) electrons. The van der Waals surface area contributed by atoms with Crippen molar-refractivity contribution in [1.82, 2.24) is 10.6 Å². The van der Waals surface area contributed by atoms with E-state index in [0.29, 0.717) is 5.69 Å². The Hall–Kier alpha value is -1.93.